The van der Waals surface area contributed by atoms with Crippen molar-refractivity contribution in [3.8, 4) is 0 Å². The van der Waals surface area contributed by atoms with E-state index in [0.29, 0.717) is 6.04 Å². The predicted octanol–water partition coefficient (Wildman–Crippen LogP) is 2.11. The Morgan fingerprint density at radius 1 is 1.30 bits per heavy atom. The fourth-order valence-corrected chi connectivity index (χ4v) is 4.25. The number of hydrogen-bond acceptors (Lipinski definition) is 3. The first-order valence-electron chi connectivity index (χ1n) is 7.04. The molecule has 0 saturated carbocycles. The maximum Gasteiger partial charge on any atom is 0.317 e. The fraction of sp³-hybridized carbons (Fsp3) is 0.400. The molecule has 1 aromatic carbocycles. The normalized spacial score (nSPS) is 23.1. The molecule has 2 amide bonds. The minimum absolute atomic E-state index is 0.108. The van der Waals surface area contributed by atoms with Gasteiger partial charge in [-0.25, -0.2) is 4.79 Å². The Labute approximate surface area is 122 Å². The van der Waals surface area contributed by atoms with Gasteiger partial charge in [0.05, 0.1) is 6.04 Å². The zero-order valence-electron chi connectivity index (χ0n) is 11.2. The summed E-state index contributed by atoms with van der Waals surface area (Å²) in [4.78, 5) is 17.4. The van der Waals surface area contributed by atoms with E-state index in [1.807, 2.05) is 16.2 Å². The summed E-state index contributed by atoms with van der Waals surface area (Å²) in [5, 5.41) is 4.27. The van der Waals surface area contributed by atoms with E-state index in [0.717, 1.165) is 32.7 Å². The van der Waals surface area contributed by atoms with Crippen molar-refractivity contribution in [1.82, 2.24) is 15.1 Å². The standard InChI is InChI=1S/C15H17N3OS/c19-15-16-8-12-9-17(5-6-18(12)15)10-13-7-11-3-1-2-4-14(11)20-13/h1-4,7,12H,5-6,8-10H2,(H,16,19). The summed E-state index contributed by atoms with van der Waals surface area (Å²) in [6.45, 7) is 4.59. The highest BCUT2D eigenvalue weighted by atomic mass is 32.1. The maximum atomic E-state index is 11.6. The first kappa shape index (κ1) is 12.2. The lowest BCUT2D eigenvalue weighted by Gasteiger charge is -2.36. The van der Waals surface area contributed by atoms with Crippen molar-refractivity contribution in [2.75, 3.05) is 26.2 Å². The quantitative estimate of drug-likeness (QED) is 0.918. The second-order valence-corrected chi connectivity index (χ2v) is 6.69. The summed E-state index contributed by atoms with van der Waals surface area (Å²) in [6, 6.07) is 11.3. The topological polar surface area (TPSA) is 35.6 Å². The van der Waals surface area contributed by atoms with Crippen LogP contribution >= 0.6 is 11.3 Å². The number of carbonyl (C=O) groups is 1. The number of benzene rings is 1. The van der Waals surface area contributed by atoms with Crippen LogP contribution in [0.1, 0.15) is 4.88 Å². The van der Waals surface area contributed by atoms with Crippen molar-refractivity contribution in [1.29, 1.82) is 0 Å². The lowest BCUT2D eigenvalue weighted by molar-refractivity contribution is 0.117. The molecule has 1 unspecified atom stereocenters. The fourth-order valence-electron chi connectivity index (χ4n) is 3.15. The smallest absolute Gasteiger partial charge is 0.317 e. The van der Waals surface area contributed by atoms with Gasteiger partial charge in [0.15, 0.2) is 0 Å². The summed E-state index contributed by atoms with van der Waals surface area (Å²) in [6.07, 6.45) is 0. The van der Waals surface area contributed by atoms with E-state index >= 15 is 0 Å². The molecular formula is C15H17N3OS. The van der Waals surface area contributed by atoms with Gasteiger partial charge in [-0.1, -0.05) is 18.2 Å². The highest BCUT2D eigenvalue weighted by molar-refractivity contribution is 7.19. The highest BCUT2D eigenvalue weighted by Gasteiger charge is 2.35. The third kappa shape index (κ3) is 2.07. The van der Waals surface area contributed by atoms with Gasteiger partial charge in [0.1, 0.15) is 0 Å². The van der Waals surface area contributed by atoms with Crippen molar-refractivity contribution >= 4 is 27.5 Å². The Morgan fingerprint density at radius 2 is 2.20 bits per heavy atom. The predicted molar refractivity (Wildman–Crippen MR) is 81.0 cm³/mol. The van der Waals surface area contributed by atoms with E-state index in [2.05, 4.69) is 40.5 Å². The summed E-state index contributed by atoms with van der Waals surface area (Å²) in [5.41, 5.74) is 0. The summed E-state index contributed by atoms with van der Waals surface area (Å²) in [5.74, 6) is 0. The number of carbonyl (C=O) groups excluding carboxylic acids is 1. The molecule has 2 aliphatic heterocycles. The summed E-state index contributed by atoms with van der Waals surface area (Å²) < 4.78 is 1.36. The van der Waals surface area contributed by atoms with Crippen LogP contribution in [0.2, 0.25) is 0 Å². The van der Waals surface area contributed by atoms with Gasteiger partial charge in [0, 0.05) is 42.3 Å². The number of hydrogen-bond donors (Lipinski definition) is 1. The van der Waals surface area contributed by atoms with E-state index in [-0.39, 0.29) is 6.03 Å². The first-order chi connectivity index (χ1) is 9.79. The maximum absolute atomic E-state index is 11.6. The number of piperazine rings is 1. The van der Waals surface area contributed by atoms with Gasteiger partial charge >= 0.3 is 6.03 Å². The van der Waals surface area contributed by atoms with Gasteiger partial charge < -0.3 is 10.2 Å². The van der Waals surface area contributed by atoms with Gasteiger partial charge in [-0.3, -0.25) is 4.90 Å². The molecule has 2 fully saturated rings. The van der Waals surface area contributed by atoms with E-state index in [9.17, 15) is 4.79 Å². The van der Waals surface area contributed by atoms with Crippen LogP contribution in [0.25, 0.3) is 10.1 Å². The lowest BCUT2D eigenvalue weighted by atomic mass is 10.2. The highest BCUT2D eigenvalue weighted by Crippen LogP contribution is 2.27. The minimum atomic E-state index is 0.108. The van der Waals surface area contributed by atoms with Crippen LogP contribution in [-0.4, -0.2) is 48.1 Å². The average molecular weight is 287 g/mol. The second kappa shape index (κ2) is 4.75. The van der Waals surface area contributed by atoms with Crippen LogP contribution in [0.5, 0.6) is 0 Å². The zero-order chi connectivity index (χ0) is 13.5. The van der Waals surface area contributed by atoms with E-state index in [1.54, 1.807) is 0 Å². The van der Waals surface area contributed by atoms with Crippen molar-refractivity contribution in [3.63, 3.8) is 0 Å². The molecule has 0 bridgehead atoms. The minimum Gasteiger partial charge on any atom is -0.336 e. The van der Waals surface area contributed by atoms with Crippen LogP contribution in [0, 0.1) is 0 Å². The van der Waals surface area contributed by atoms with Crippen LogP contribution in [-0.2, 0) is 6.54 Å². The molecule has 20 heavy (non-hydrogen) atoms. The van der Waals surface area contributed by atoms with Gasteiger partial charge in [0.2, 0.25) is 0 Å². The molecule has 2 aliphatic rings. The van der Waals surface area contributed by atoms with Crippen LogP contribution in [0.15, 0.2) is 30.3 Å². The zero-order valence-corrected chi connectivity index (χ0v) is 12.0. The molecule has 0 spiro atoms. The lowest BCUT2D eigenvalue weighted by Crippen LogP contribution is -2.51. The Bertz CT molecular complexity index is 620. The largest absolute Gasteiger partial charge is 0.336 e. The molecule has 0 radical (unpaired) electrons. The van der Waals surface area contributed by atoms with Crippen molar-refractivity contribution in [3.05, 3.63) is 35.2 Å². The van der Waals surface area contributed by atoms with Crippen molar-refractivity contribution in [2.24, 2.45) is 0 Å². The molecule has 2 saturated heterocycles. The second-order valence-electron chi connectivity index (χ2n) is 5.52. The van der Waals surface area contributed by atoms with E-state index in [4.69, 9.17) is 0 Å². The SMILES string of the molecule is O=C1NCC2CN(Cc3cc4ccccc4s3)CCN12. The number of fused-ring (bicyclic) bond motifs is 2. The van der Waals surface area contributed by atoms with Crippen LogP contribution in [0.3, 0.4) is 0 Å². The number of thiophene rings is 1. The molecule has 5 heteroatoms. The first-order valence-corrected chi connectivity index (χ1v) is 7.85. The van der Waals surface area contributed by atoms with Crippen molar-refractivity contribution in [2.45, 2.75) is 12.6 Å². The molecule has 104 valence electrons. The monoisotopic (exact) mass is 287 g/mol. The number of amides is 2. The van der Waals surface area contributed by atoms with E-state index in [1.165, 1.54) is 15.0 Å². The number of nitrogens with zero attached hydrogens (tertiary/aromatic N) is 2. The van der Waals surface area contributed by atoms with Gasteiger partial charge in [-0.15, -0.1) is 11.3 Å². The molecule has 3 heterocycles. The Morgan fingerprint density at radius 3 is 3.10 bits per heavy atom. The van der Waals surface area contributed by atoms with Crippen LogP contribution < -0.4 is 5.32 Å². The van der Waals surface area contributed by atoms with Gasteiger partial charge in [0.25, 0.3) is 0 Å². The molecule has 4 nitrogen and oxygen atoms in total. The summed E-state index contributed by atoms with van der Waals surface area (Å²) >= 11 is 1.88. The third-order valence-electron chi connectivity index (χ3n) is 4.17. The average Bonchev–Trinajstić information content (AvgIpc) is 3.02. The number of rotatable bonds is 2. The van der Waals surface area contributed by atoms with Gasteiger partial charge in [-0.2, -0.15) is 0 Å². The Hall–Kier alpha value is -1.59. The molecule has 1 N–H and O–H groups in total. The van der Waals surface area contributed by atoms with Gasteiger partial charge in [-0.05, 0) is 17.5 Å². The molecular weight excluding hydrogens is 270 g/mol. The summed E-state index contributed by atoms with van der Waals surface area (Å²) in [7, 11) is 0. The Kier molecular flexibility index (Phi) is 2.89. The molecule has 4 rings (SSSR count). The van der Waals surface area contributed by atoms with Crippen molar-refractivity contribution < 1.29 is 4.79 Å². The molecule has 1 atom stereocenters. The number of nitrogens with one attached hydrogen (secondary N) is 1. The number of urea groups is 1. The molecule has 0 aliphatic carbocycles. The molecule has 1 aromatic heterocycles. The van der Waals surface area contributed by atoms with Crippen LogP contribution in [0.4, 0.5) is 4.79 Å². The van der Waals surface area contributed by atoms with E-state index < -0.39 is 0 Å². The third-order valence-corrected chi connectivity index (χ3v) is 5.27. The Balaban J connectivity index is 1.48. The molecule has 2 aromatic rings.